The number of hydrogen-bond donors (Lipinski definition) is 0. The summed E-state index contributed by atoms with van der Waals surface area (Å²) in [6.07, 6.45) is 3.36. The van der Waals surface area contributed by atoms with Gasteiger partial charge in [-0.05, 0) is 30.5 Å². The fourth-order valence-electron chi connectivity index (χ4n) is 2.46. The quantitative estimate of drug-likeness (QED) is 0.747. The normalized spacial score (nSPS) is 14.0. The average Bonchev–Trinajstić information content (AvgIpc) is 2.48. The van der Waals surface area contributed by atoms with Gasteiger partial charge in [0.05, 0.1) is 10.6 Å². The zero-order chi connectivity index (χ0) is 14.1. The van der Waals surface area contributed by atoms with Gasteiger partial charge in [0.25, 0.3) is 5.91 Å². The van der Waals surface area contributed by atoms with Gasteiger partial charge in [0.15, 0.2) is 0 Å². The molecule has 0 N–H and O–H groups in total. The van der Waals surface area contributed by atoms with Crippen molar-refractivity contribution in [2.24, 2.45) is 0 Å². The van der Waals surface area contributed by atoms with E-state index in [0.29, 0.717) is 17.1 Å². The number of aryl methyl sites for hydroxylation is 1. The minimum absolute atomic E-state index is 0.155. The zero-order valence-electron chi connectivity index (χ0n) is 10.6. The number of pyridine rings is 1. The maximum Gasteiger partial charge on any atom is 0.261 e. The third kappa shape index (κ3) is 2.39. The number of fused-ring (bicyclic) bond motifs is 1. The molecular formula is C15H12Cl2N2O. The lowest BCUT2D eigenvalue weighted by atomic mass is 10.0. The Morgan fingerprint density at radius 2 is 2.05 bits per heavy atom. The van der Waals surface area contributed by atoms with Gasteiger partial charge in [-0.15, -0.1) is 0 Å². The van der Waals surface area contributed by atoms with Crippen LogP contribution in [0.1, 0.15) is 22.3 Å². The minimum Gasteiger partial charge on any atom is -0.308 e. The maximum atomic E-state index is 12.7. The summed E-state index contributed by atoms with van der Waals surface area (Å²) in [6, 6.07) is 9.49. The number of hydrogen-bond acceptors (Lipinski definition) is 2. The molecular weight excluding hydrogens is 295 g/mol. The largest absolute Gasteiger partial charge is 0.308 e. The van der Waals surface area contributed by atoms with E-state index in [1.54, 1.807) is 11.0 Å². The molecule has 0 saturated carbocycles. The van der Waals surface area contributed by atoms with Gasteiger partial charge in [-0.1, -0.05) is 41.4 Å². The van der Waals surface area contributed by atoms with Crippen molar-refractivity contribution in [1.29, 1.82) is 0 Å². The first-order chi connectivity index (χ1) is 9.66. The molecule has 0 saturated heterocycles. The number of nitrogens with zero attached hydrogens (tertiary/aromatic N) is 2. The molecule has 0 atom stereocenters. The first-order valence-electron chi connectivity index (χ1n) is 6.37. The van der Waals surface area contributed by atoms with Gasteiger partial charge in [-0.2, -0.15) is 0 Å². The molecule has 1 aromatic heterocycles. The summed E-state index contributed by atoms with van der Waals surface area (Å²) in [5, 5.41) is 0.588. The first kappa shape index (κ1) is 13.4. The molecule has 0 bridgehead atoms. The van der Waals surface area contributed by atoms with Gasteiger partial charge in [-0.3, -0.25) is 4.79 Å². The Hall–Kier alpha value is -1.58. The molecule has 1 aliphatic rings. The number of benzene rings is 1. The zero-order valence-corrected chi connectivity index (χ0v) is 12.2. The SMILES string of the molecule is O=C(c1cc(Cl)cnc1Cl)N1CCCc2ccccc21. The molecule has 0 spiro atoms. The Balaban J connectivity index is 2.02. The predicted octanol–water partition coefficient (Wildman–Crippen LogP) is 3.98. The van der Waals surface area contributed by atoms with E-state index in [9.17, 15) is 4.79 Å². The maximum absolute atomic E-state index is 12.7. The molecule has 5 heteroatoms. The average molecular weight is 307 g/mol. The first-order valence-corrected chi connectivity index (χ1v) is 7.13. The van der Waals surface area contributed by atoms with Crippen molar-refractivity contribution in [3.8, 4) is 0 Å². The summed E-state index contributed by atoms with van der Waals surface area (Å²) >= 11 is 11.9. The highest BCUT2D eigenvalue weighted by molar-refractivity contribution is 6.35. The van der Waals surface area contributed by atoms with E-state index in [1.807, 2.05) is 24.3 Å². The van der Waals surface area contributed by atoms with E-state index < -0.39 is 0 Å². The minimum atomic E-state index is -0.155. The van der Waals surface area contributed by atoms with Gasteiger partial charge in [-0.25, -0.2) is 4.98 Å². The lowest BCUT2D eigenvalue weighted by Crippen LogP contribution is -2.35. The van der Waals surface area contributed by atoms with E-state index in [0.717, 1.165) is 18.5 Å². The van der Waals surface area contributed by atoms with Crippen LogP contribution < -0.4 is 4.90 Å². The van der Waals surface area contributed by atoms with E-state index >= 15 is 0 Å². The molecule has 1 aliphatic heterocycles. The third-order valence-electron chi connectivity index (χ3n) is 3.39. The van der Waals surface area contributed by atoms with Gasteiger partial charge in [0, 0.05) is 18.4 Å². The van der Waals surface area contributed by atoms with Gasteiger partial charge in [0.1, 0.15) is 5.15 Å². The van der Waals surface area contributed by atoms with Crippen LogP contribution in [0.15, 0.2) is 36.5 Å². The molecule has 2 aromatic rings. The van der Waals surface area contributed by atoms with Gasteiger partial charge < -0.3 is 4.90 Å². The van der Waals surface area contributed by atoms with Crippen LogP contribution in [-0.4, -0.2) is 17.4 Å². The molecule has 0 radical (unpaired) electrons. The number of para-hydroxylation sites is 1. The standard InChI is InChI=1S/C15H12Cl2N2O/c16-11-8-12(14(17)18-9-11)15(20)19-7-3-5-10-4-1-2-6-13(10)19/h1-2,4,6,8-9H,3,5,7H2. The number of carbonyl (C=O) groups excluding carboxylic acids is 1. The van der Waals surface area contributed by atoms with Crippen molar-refractivity contribution in [2.45, 2.75) is 12.8 Å². The van der Waals surface area contributed by atoms with Crippen LogP contribution in [0.3, 0.4) is 0 Å². The van der Waals surface area contributed by atoms with Crippen LogP contribution in [0.2, 0.25) is 10.2 Å². The fraction of sp³-hybridized carbons (Fsp3) is 0.200. The Kier molecular flexibility index (Phi) is 3.64. The molecule has 2 heterocycles. The Morgan fingerprint density at radius 1 is 1.25 bits per heavy atom. The van der Waals surface area contributed by atoms with E-state index in [1.165, 1.54) is 11.8 Å². The van der Waals surface area contributed by atoms with Crippen molar-refractivity contribution in [3.05, 3.63) is 57.8 Å². The Morgan fingerprint density at radius 3 is 2.90 bits per heavy atom. The van der Waals surface area contributed by atoms with Crippen LogP contribution in [0.5, 0.6) is 0 Å². The Labute approximate surface area is 127 Å². The van der Waals surface area contributed by atoms with Crippen molar-refractivity contribution in [2.75, 3.05) is 11.4 Å². The van der Waals surface area contributed by atoms with Crippen molar-refractivity contribution >= 4 is 34.8 Å². The monoisotopic (exact) mass is 306 g/mol. The number of aromatic nitrogens is 1. The van der Waals surface area contributed by atoms with E-state index in [4.69, 9.17) is 23.2 Å². The Bertz CT molecular complexity index is 673. The fourth-order valence-corrected chi connectivity index (χ4v) is 2.80. The molecule has 20 heavy (non-hydrogen) atoms. The topological polar surface area (TPSA) is 33.2 Å². The smallest absolute Gasteiger partial charge is 0.261 e. The van der Waals surface area contributed by atoms with Crippen molar-refractivity contribution in [3.63, 3.8) is 0 Å². The summed E-state index contributed by atoms with van der Waals surface area (Å²) in [7, 11) is 0. The molecule has 102 valence electrons. The van der Waals surface area contributed by atoms with Gasteiger partial charge >= 0.3 is 0 Å². The van der Waals surface area contributed by atoms with E-state index in [-0.39, 0.29) is 11.1 Å². The highest BCUT2D eigenvalue weighted by atomic mass is 35.5. The lowest BCUT2D eigenvalue weighted by molar-refractivity contribution is 0.0985. The molecule has 1 amide bonds. The van der Waals surface area contributed by atoms with Crippen LogP contribution in [-0.2, 0) is 6.42 Å². The summed E-state index contributed by atoms with van der Waals surface area (Å²) in [5.41, 5.74) is 2.47. The number of carbonyl (C=O) groups is 1. The number of halogens is 2. The second-order valence-corrected chi connectivity index (χ2v) is 5.48. The highest BCUT2D eigenvalue weighted by Gasteiger charge is 2.25. The van der Waals surface area contributed by atoms with Crippen LogP contribution >= 0.6 is 23.2 Å². The third-order valence-corrected chi connectivity index (χ3v) is 3.90. The van der Waals surface area contributed by atoms with Crippen molar-refractivity contribution in [1.82, 2.24) is 4.98 Å². The summed E-state index contributed by atoms with van der Waals surface area (Å²) in [5.74, 6) is -0.155. The van der Waals surface area contributed by atoms with Gasteiger partial charge in [0.2, 0.25) is 0 Å². The molecule has 0 unspecified atom stereocenters. The molecule has 1 aromatic carbocycles. The summed E-state index contributed by atoms with van der Waals surface area (Å²) in [4.78, 5) is 18.4. The molecule has 0 aliphatic carbocycles. The lowest BCUT2D eigenvalue weighted by Gasteiger charge is -2.29. The summed E-state index contributed by atoms with van der Waals surface area (Å²) in [6.45, 7) is 0.679. The van der Waals surface area contributed by atoms with Crippen molar-refractivity contribution < 1.29 is 4.79 Å². The molecule has 0 fully saturated rings. The second kappa shape index (κ2) is 5.43. The highest BCUT2D eigenvalue weighted by Crippen LogP contribution is 2.29. The molecule has 3 rings (SSSR count). The molecule has 3 nitrogen and oxygen atoms in total. The number of rotatable bonds is 1. The number of anilines is 1. The van der Waals surface area contributed by atoms with Crippen LogP contribution in [0, 0.1) is 0 Å². The number of amides is 1. The van der Waals surface area contributed by atoms with Crippen LogP contribution in [0.25, 0.3) is 0 Å². The van der Waals surface area contributed by atoms with Crippen LogP contribution in [0.4, 0.5) is 5.69 Å². The predicted molar refractivity (Wildman–Crippen MR) is 80.7 cm³/mol. The van der Waals surface area contributed by atoms with E-state index in [2.05, 4.69) is 4.98 Å². The summed E-state index contributed by atoms with van der Waals surface area (Å²) < 4.78 is 0. The second-order valence-electron chi connectivity index (χ2n) is 4.68.